The molecule has 0 unspecified atom stereocenters. The fourth-order valence-electron chi connectivity index (χ4n) is 2.33. The highest BCUT2D eigenvalue weighted by Gasteiger charge is 2.18. The van der Waals surface area contributed by atoms with Crippen molar-refractivity contribution in [1.29, 1.82) is 0 Å². The van der Waals surface area contributed by atoms with Crippen LogP contribution in [-0.2, 0) is 0 Å². The molecule has 0 saturated heterocycles. The summed E-state index contributed by atoms with van der Waals surface area (Å²) in [7, 11) is 0. The molecule has 1 aliphatic heterocycles. The van der Waals surface area contributed by atoms with Crippen LogP contribution in [0.1, 0.15) is 39.0 Å². The summed E-state index contributed by atoms with van der Waals surface area (Å²) in [5, 5.41) is 4.71. The van der Waals surface area contributed by atoms with E-state index in [0.29, 0.717) is 0 Å². The molecule has 0 aromatic carbocycles. The van der Waals surface area contributed by atoms with E-state index in [0.717, 1.165) is 24.9 Å². The first-order chi connectivity index (χ1) is 7.34. The first kappa shape index (κ1) is 11.3. The number of nitrogens with one attached hydrogen (secondary N) is 1. The van der Waals surface area contributed by atoms with E-state index in [-0.39, 0.29) is 0 Å². The lowest BCUT2D eigenvalue weighted by Gasteiger charge is -2.27. The lowest BCUT2D eigenvalue weighted by molar-refractivity contribution is 0.290. The van der Waals surface area contributed by atoms with Crippen LogP contribution in [0, 0.1) is 11.8 Å². The van der Waals surface area contributed by atoms with Gasteiger partial charge >= 0.3 is 0 Å². The van der Waals surface area contributed by atoms with Gasteiger partial charge in [-0.2, -0.15) is 0 Å². The third kappa shape index (κ3) is 3.71. The van der Waals surface area contributed by atoms with E-state index in [4.69, 9.17) is 0 Å². The average molecular weight is 226 g/mol. The molecule has 0 atom stereocenters. The smallest absolute Gasteiger partial charge is 0.156 e. The molecule has 2 nitrogen and oxygen atoms in total. The van der Waals surface area contributed by atoms with Gasteiger partial charge in [-0.3, -0.25) is 4.99 Å². The molecule has 1 saturated carbocycles. The molecular weight excluding hydrogens is 204 g/mol. The number of rotatable bonds is 2. The summed E-state index contributed by atoms with van der Waals surface area (Å²) in [4.78, 5) is 4.50. The molecule has 2 rings (SSSR count). The van der Waals surface area contributed by atoms with Crippen LogP contribution in [0.5, 0.6) is 0 Å². The Kier molecular flexibility index (Phi) is 4.36. The second-order valence-electron chi connectivity index (χ2n) is 4.90. The third-order valence-electron chi connectivity index (χ3n) is 3.47. The van der Waals surface area contributed by atoms with Gasteiger partial charge in [0.1, 0.15) is 0 Å². The minimum absolute atomic E-state index is 0.895. The summed E-state index contributed by atoms with van der Waals surface area (Å²) in [6.07, 6.45) is 6.91. The van der Waals surface area contributed by atoms with Crippen LogP contribution in [0.4, 0.5) is 0 Å². The SMILES string of the molecule is CC1CCC(CNC2=NCCCS2)CC1. The van der Waals surface area contributed by atoms with Gasteiger partial charge in [-0.1, -0.05) is 31.5 Å². The zero-order valence-corrected chi connectivity index (χ0v) is 10.5. The highest BCUT2D eigenvalue weighted by atomic mass is 32.2. The van der Waals surface area contributed by atoms with Gasteiger partial charge in [-0.25, -0.2) is 0 Å². The Bertz CT molecular complexity index is 220. The van der Waals surface area contributed by atoms with Gasteiger partial charge in [0.25, 0.3) is 0 Å². The predicted molar refractivity (Wildman–Crippen MR) is 68.5 cm³/mol. The summed E-state index contributed by atoms with van der Waals surface area (Å²) < 4.78 is 0. The van der Waals surface area contributed by atoms with Crippen molar-refractivity contribution in [2.45, 2.75) is 39.0 Å². The van der Waals surface area contributed by atoms with Crippen LogP contribution in [0.3, 0.4) is 0 Å². The number of thioether (sulfide) groups is 1. The number of nitrogens with zero attached hydrogens (tertiary/aromatic N) is 1. The summed E-state index contributed by atoms with van der Waals surface area (Å²) in [6.45, 7) is 4.56. The van der Waals surface area contributed by atoms with Crippen LogP contribution in [-0.4, -0.2) is 24.0 Å². The summed E-state index contributed by atoms with van der Waals surface area (Å²) >= 11 is 1.89. The van der Waals surface area contributed by atoms with E-state index in [2.05, 4.69) is 17.2 Å². The lowest BCUT2D eigenvalue weighted by atomic mass is 9.83. The van der Waals surface area contributed by atoms with Crippen LogP contribution < -0.4 is 5.32 Å². The first-order valence-electron chi connectivity index (χ1n) is 6.25. The maximum Gasteiger partial charge on any atom is 0.156 e. The fourth-order valence-corrected chi connectivity index (χ4v) is 3.17. The van der Waals surface area contributed by atoms with E-state index in [1.807, 2.05) is 11.8 Å². The standard InChI is InChI=1S/C12H22N2S/c1-10-3-5-11(6-4-10)9-14-12-13-7-2-8-15-12/h10-11H,2-9H2,1H3,(H,13,14). The molecule has 1 fully saturated rings. The quantitative estimate of drug-likeness (QED) is 0.783. The Morgan fingerprint density at radius 1 is 1.33 bits per heavy atom. The van der Waals surface area contributed by atoms with E-state index >= 15 is 0 Å². The first-order valence-corrected chi connectivity index (χ1v) is 7.24. The van der Waals surface area contributed by atoms with Gasteiger partial charge in [-0.15, -0.1) is 0 Å². The van der Waals surface area contributed by atoms with Crippen LogP contribution in [0.2, 0.25) is 0 Å². The number of amidine groups is 1. The van der Waals surface area contributed by atoms with Crippen molar-refractivity contribution < 1.29 is 0 Å². The highest BCUT2D eigenvalue weighted by Crippen LogP contribution is 2.27. The van der Waals surface area contributed by atoms with Crippen LogP contribution >= 0.6 is 11.8 Å². The molecule has 0 aromatic rings. The molecule has 86 valence electrons. The molecule has 1 heterocycles. The summed E-state index contributed by atoms with van der Waals surface area (Å²) in [5.41, 5.74) is 0. The van der Waals surface area contributed by atoms with Crippen molar-refractivity contribution in [1.82, 2.24) is 5.32 Å². The minimum Gasteiger partial charge on any atom is -0.365 e. The van der Waals surface area contributed by atoms with Gasteiger partial charge in [0, 0.05) is 18.8 Å². The van der Waals surface area contributed by atoms with Gasteiger partial charge in [-0.05, 0) is 31.1 Å². The fraction of sp³-hybridized carbons (Fsp3) is 0.917. The molecule has 0 spiro atoms. The molecule has 1 aliphatic carbocycles. The van der Waals surface area contributed by atoms with Gasteiger partial charge in [0.2, 0.25) is 0 Å². The van der Waals surface area contributed by atoms with E-state index in [1.165, 1.54) is 43.0 Å². The minimum atomic E-state index is 0.895. The molecule has 0 amide bonds. The van der Waals surface area contributed by atoms with Gasteiger partial charge in [0.15, 0.2) is 5.17 Å². The van der Waals surface area contributed by atoms with Gasteiger partial charge in [0.05, 0.1) is 0 Å². The normalized spacial score (nSPS) is 32.2. The molecular formula is C12H22N2S. The Morgan fingerprint density at radius 3 is 2.80 bits per heavy atom. The van der Waals surface area contributed by atoms with Gasteiger partial charge < -0.3 is 5.32 Å². The number of aliphatic imine (C=N–C) groups is 1. The summed E-state index contributed by atoms with van der Waals surface area (Å²) in [5.74, 6) is 3.10. The van der Waals surface area contributed by atoms with Crippen molar-refractivity contribution >= 4 is 16.9 Å². The number of hydrogen-bond donors (Lipinski definition) is 1. The van der Waals surface area contributed by atoms with Crippen molar-refractivity contribution in [2.24, 2.45) is 16.8 Å². The molecule has 0 radical (unpaired) electrons. The Hall–Kier alpha value is -0.180. The molecule has 1 N–H and O–H groups in total. The highest BCUT2D eigenvalue weighted by molar-refractivity contribution is 8.13. The molecule has 0 aromatic heterocycles. The maximum atomic E-state index is 4.50. The van der Waals surface area contributed by atoms with Crippen molar-refractivity contribution in [3.63, 3.8) is 0 Å². The third-order valence-corrected chi connectivity index (χ3v) is 4.51. The Balaban J connectivity index is 1.67. The van der Waals surface area contributed by atoms with E-state index in [1.54, 1.807) is 0 Å². The maximum absolute atomic E-state index is 4.50. The molecule has 3 heteroatoms. The van der Waals surface area contributed by atoms with Crippen molar-refractivity contribution in [3.8, 4) is 0 Å². The van der Waals surface area contributed by atoms with E-state index in [9.17, 15) is 0 Å². The van der Waals surface area contributed by atoms with Crippen LogP contribution in [0.25, 0.3) is 0 Å². The second kappa shape index (κ2) is 5.78. The molecule has 2 aliphatic rings. The van der Waals surface area contributed by atoms with Crippen molar-refractivity contribution in [3.05, 3.63) is 0 Å². The Morgan fingerprint density at radius 2 is 2.13 bits per heavy atom. The monoisotopic (exact) mass is 226 g/mol. The molecule has 15 heavy (non-hydrogen) atoms. The lowest BCUT2D eigenvalue weighted by Crippen LogP contribution is -2.30. The van der Waals surface area contributed by atoms with Crippen molar-refractivity contribution in [2.75, 3.05) is 18.8 Å². The number of hydrogen-bond acceptors (Lipinski definition) is 3. The van der Waals surface area contributed by atoms with Crippen LogP contribution in [0.15, 0.2) is 4.99 Å². The summed E-state index contributed by atoms with van der Waals surface area (Å²) in [6, 6.07) is 0. The average Bonchev–Trinajstić information content (AvgIpc) is 2.30. The predicted octanol–water partition coefficient (Wildman–Crippen LogP) is 2.90. The van der Waals surface area contributed by atoms with E-state index < -0.39 is 0 Å². The second-order valence-corrected chi connectivity index (χ2v) is 5.98. The zero-order chi connectivity index (χ0) is 10.5. The largest absolute Gasteiger partial charge is 0.365 e. The Labute approximate surface area is 97.3 Å². The molecule has 0 bridgehead atoms. The zero-order valence-electron chi connectivity index (χ0n) is 9.67. The topological polar surface area (TPSA) is 24.4 Å².